The maximum absolute atomic E-state index is 11.1. The molecule has 0 aliphatic heterocycles. The van der Waals surface area contributed by atoms with E-state index in [1.165, 1.54) is 12.8 Å². The second-order valence-electron chi connectivity index (χ2n) is 4.50. The lowest BCUT2D eigenvalue weighted by atomic mass is 10.1. The molecule has 0 amide bonds. The maximum atomic E-state index is 11.1. The van der Waals surface area contributed by atoms with Crippen LogP contribution in [-0.2, 0) is 0 Å². The highest BCUT2D eigenvalue weighted by atomic mass is 79.9. The minimum Gasteiger partial charge on any atom is -0.493 e. The van der Waals surface area contributed by atoms with Crippen LogP contribution in [0, 0.1) is 5.41 Å². The molecule has 1 aliphatic rings. The Morgan fingerprint density at radius 3 is 2.44 bits per heavy atom. The van der Waals surface area contributed by atoms with Crippen molar-refractivity contribution in [1.82, 2.24) is 0 Å². The molecule has 1 fully saturated rings. The summed E-state index contributed by atoms with van der Waals surface area (Å²) in [6.45, 7) is 2.33. The van der Waals surface area contributed by atoms with Crippen LogP contribution in [0.4, 0.5) is 0 Å². The number of benzene rings is 1. The topological polar surface area (TPSA) is 26.3 Å². The van der Waals surface area contributed by atoms with Crippen molar-refractivity contribution < 1.29 is 9.53 Å². The predicted octanol–water partition coefficient (Wildman–Crippen LogP) is 3.44. The number of carbonyl (C=O) groups is 1. The fourth-order valence-corrected chi connectivity index (χ4v) is 2.24. The van der Waals surface area contributed by atoms with Gasteiger partial charge < -0.3 is 4.74 Å². The largest absolute Gasteiger partial charge is 0.493 e. The zero-order valence-electron chi connectivity index (χ0n) is 9.33. The van der Waals surface area contributed by atoms with Gasteiger partial charge in [0.15, 0.2) is 5.78 Å². The first-order valence-corrected chi connectivity index (χ1v) is 6.57. The van der Waals surface area contributed by atoms with E-state index in [-0.39, 0.29) is 5.78 Å². The van der Waals surface area contributed by atoms with Crippen molar-refractivity contribution in [2.75, 3.05) is 11.9 Å². The van der Waals surface area contributed by atoms with E-state index in [1.54, 1.807) is 6.92 Å². The molecule has 0 saturated heterocycles. The summed E-state index contributed by atoms with van der Waals surface area (Å²) in [7, 11) is 0. The van der Waals surface area contributed by atoms with Crippen LogP contribution in [0.3, 0.4) is 0 Å². The second-order valence-corrected chi connectivity index (χ2v) is 5.06. The van der Waals surface area contributed by atoms with E-state index in [4.69, 9.17) is 4.74 Å². The van der Waals surface area contributed by atoms with E-state index in [2.05, 4.69) is 15.9 Å². The molecule has 2 rings (SSSR count). The summed E-state index contributed by atoms with van der Waals surface area (Å²) >= 11 is 3.51. The maximum Gasteiger partial charge on any atom is 0.159 e. The molecule has 0 bridgehead atoms. The van der Waals surface area contributed by atoms with E-state index in [0.717, 1.165) is 23.2 Å². The summed E-state index contributed by atoms with van der Waals surface area (Å²) in [5, 5.41) is 1.01. The smallest absolute Gasteiger partial charge is 0.159 e. The van der Waals surface area contributed by atoms with Crippen molar-refractivity contribution >= 4 is 21.7 Å². The Balaban J connectivity index is 1.93. The SMILES string of the molecule is CC(=O)c1ccc(OCC2(CBr)CC2)cc1. The molecule has 1 saturated carbocycles. The third kappa shape index (κ3) is 2.64. The molecule has 86 valence electrons. The highest BCUT2D eigenvalue weighted by molar-refractivity contribution is 9.09. The van der Waals surface area contributed by atoms with Gasteiger partial charge in [-0.2, -0.15) is 0 Å². The van der Waals surface area contributed by atoms with Gasteiger partial charge in [0, 0.05) is 16.3 Å². The lowest BCUT2D eigenvalue weighted by Gasteiger charge is -2.13. The zero-order chi connectivity index (χ0) is 11.6. The first-order valence-electron chi connectivity index (χ1n) is 5.45. The van der Waals surface area contributed by atoms with E-state index >= 15 is 0 Å². The van der Waals surface area contributed by atoms with E-state index in [1.807, 2.05) is 24.3 Å². The molecule has 1 aliphatic carbocycles. The van der Waals surface area contributed by atoms with Crippen LogP contribution in [0.25, 0.3) is 0 Å². The van der Waals surface area contributed by atoms with Crippen LogP contribution < -0.4 is 4.74 Å². The Morgan fingerprint density at radius 2 is 2.00 bits per heavy atom. The number of Topliss-reactive ketones (excluding diaryl/α,β-unsaturated/α-hetero) is 1. The number of hydrogen-bond acceptors (Lipinski definition) is 2. The number of hydrogen-bond donors (Lipinski definition) is 0. The Morgan fingerprint density at radius 1 is 1.38 bits per heavy atom. The van der Waals surface area contributed by atoms with Crippen molar-refractivity contribution in [3.05, 3.63) is 29.8 Å². The highest BCUT2D eigenvalue weighted by Gasteiger charge is 2.42. The Labute approximate surface area is 104 Å². The lowest BCUT2D eigenvalue weighted by Crippen LogP contribution is -2.14. The van der Waals surface area contributed by atoms with Crippen molar-refractivity contribution in [3.63, 3.8) is 0 Å². The third-order valence-electron chi connectivity index (χ3n) is 3.05. The molecular formula is C13H15BrO2. The Bertz CT molecular complexity index is 379. The Kier molecular flexibility index (Phi) is 3.33. The van der Waals surface area contributed by atoms with Gasteiger partial charge in [0.05, 0.1) is 6.61 Å². The van der Waals surface area contributed by atoms with Crippen LogP contribution in [0.15, 0.2) is 24.3 Å². The molecule has 1 aromatic rings. The van der Waals surface area contributed by atoms with Crippen LogP contribution in [-0.4, -0.2) is 17.7 Å². The summed E-state index contributed by atoms with van der Waals surface area (Å²) in [5.41, 5.74) is 1.09. The van der Waals surface area contributed by atoms with Gasteiger partial charge in [-0.3, -0.25) is 4.79 Å². The molecule has 1 aromatic carbocycles. The minimum atomic E-state index is 0.0886. The lowest BCUT2D eigenvalue weighted by molar-refractivity contribution is 0.101. The molecule has 16 heavy (non-hydrogen) atoms. The quantitative estimate of drug-likeness (QED) is 0.611. The monoisotopic (exact) mass is 282 g/mol. The van der Waals surface area contributed by atoms with Crippen molar-refractivity contribution in [3.8, 4) is 5.75 Å². The first-order chi connectivity index (χ1) is 7.65. The third-order valence-corrected chi connectivity index (χ3v) is 4.24. The molecule has 2 nitrogen and oxygen atoms in total. The van der Waals surface area contributed by atoms with Gasteiger partial charge in [0.1, 0.15) is 5.75 Å². The number of ketones is 1. The molecular weight excluding hydrogens is 268 g/mol. The fourth-order valence-electron chi connectivity index (χ4n) is 1.52. The van der Waals surface area contributed by atoms with Crippen molar-refractivity contribution in [2.45, 2.75) is 19.8 Å². The van der Waals surface area contributed by atoms with E-state index < -0.39 is 0 Å². The van der Waals surface area contributed by atoms with Crippen molar-refractivity contribution in [1.29, 1.82) is 0 Å². The molecule has 3 heteroatoms. The standard InChI is InChI=1S/C13H15BrO2/c1-10(15)11-2-4-12(5-3-11)16-9-13(8-14)6-7-13/h2-5H,6-9H2,1H3. The predicted molar refractivity (Wildman–Crippen MR) is 67.4 cm³/mol. The average Bonchev–Trinajstić information content (AvgIpc) is 3.08. The zero-order valence-corrected chi connectivity index (χ0v) is 10.9. The molecule has 0 heterocycles. The van der Waals surface area contributed by atoms with E-state index in [9.17, 15) is 4.79 Å². The summed E-state index contributed by atoms with van der Waals surface area (Å²) in [4.78, 5) is 11.1. The number of alkyl halides is 1. The number of carbonyl (C=O) groups excluding carboxylic acids is 1. The van der Waals surface area contributed by atoms with Crippen LogP contribution >= 0.6 is 15.9 Å². The van der Waals surface area contributed by atoms with Gasteiger partial charge >= 0.3 is 0 Å². The summed E-state index contributed by atoms with van der Waals surface area (Å²) in [6.07, 6.45) is 2.48. The van der Waals surface area contributed by atoms with Gasteiger partial charge in [-0.25, -0.2) is 0 Å². The van der Waals surface area contributed by atoms with Crippen LogP contribution in [0.5, 0.6) is 5.75 Å². The average molecular weight is 283 g/mol. The molecule has 0 unspecified atom stereocenters. The van der Waals surface area contributed by atoms with Gasteiger partial charge in [-0.1, -0.05) is 15.9 Å². The van der Waals surface area contributed by atoms with Crippen molar-refractivity contribution in [2.24, 2.45) is 5.41 Å². The Hall–Kier alpha value is -0.830. The molecule has 0 spiro atoms. The highest BCUT2D eigenvalue weighted by Crippen LogP contribution is 2.47. The summed E-state index contributed by atoms with van der Waals surface area (Å²) < 4.78 is 5.72. The molecule has 0 N–H and O–H groups in total. The van der Waals surface area contributed by atoms with E-state index in [0.29, 0.717) is 5.41 Å². The first kappa shape index (κ1) is 11.6. The number of rotatable bonds is 5. The minimum absolute atomic E-state index is 0.0886. The van der Waals surface area contributed by atoms with Gasteiger partial charge in [0.25, 0.3) is 0 Å². The second kappa shape index (κ2) is 4.58. The summed E-state index contributed by atoms with van der Waals surface area (Å²) in [6, 6.07) is 7.35. The molecule has 0 atom stereocenters. The number of ether oxygens (including phenoxy) is 1. The normalized spacial score (nSPS) is 16.9. The summed E-state index contributed by atoms with van der Waals surface area (Å²) in [5.74, 6) is 0.933. The molecule has 0 aromatic heterocycles. The van der Waals surface area contributed by atoms with Gasteiger partial charge in [-0.15, -0.1) is 0 Å². The van der Waals surface area contributed by atoms with Gasteiger partial charge in [-0.05, 0) is 44.0 Å². The molecule has 0 radical (unpaired) electrons. The number of halogens is 1. The van der Waals surface area contributed by atoms with Gasteiger partial charge in [0.2, 0.25) is 0 Å². The van der Waals surface area contributed by atoms with Crippen LogP contribution in [0.2, 0.25) is 0 Å². The fraction of sp³-hybridized carbons (Fsp3) is 0.462. The van der Waals surface area contributed by atoms with Crippen LogP contribution in [0.1, 0.15) is 30.1 Å².